The topological polar surface area (TPSA) is 44.4 Å². The van der Waals surface area contributed by atoms with Crippen LogP contribution in [-0.2, 0) is 0 Å². The minimum Gasteiger partial charge on any atom is -0.338 e. The van der Waals surface area contributed by atoms with Gasteiger partial charge in [-0.15, -0.1) is 0 Å². The summed E-state index contributed by atoms with van der Waals surface area (Å²) in [5, 5.41) is 5.92. The minimum atomic E-state index is -0.0101. The van der Waals surface area contributed by atoms with Crippen molar-refractivity contribution in [1.82, 2.24) is 15.5 Å². The Bertz CT molecular complexity index is 218. The summed E-state index contributed by atoms with van der Waals surface area (Å²) in [6.07, 6.45) is 3.24. The largest absolute Gasteiger partial charge is 0.338 e. The van der Waals surface area contributed by atoms with Crippen LogP contribution >= 0.6 is 0 Å². The number of amides is 2. The van der Waals surface area contributed by atoms with Crippen molar-refractivity contribution in [3.05, 3.63) is 0 Å². The van der Waals surface area contributed by atoms with Crippen LogP contribution in [0.25, 0.3) is 0 Å². The molecule has 0 bridgehead atoms. The first-order valence-corrected chi connectivity index (χ1v) is 6.42. The van der Waals surface area contributed by atoms with E-state index in [1.807, 2.05) is 0 Å². The predicted molar refractivity (Wildman–Crippen MR) is 66.6 cm³/mol. The van der Waals surface area contributed by atoms with E-state index < -0.39 is 0 Å². The molecule has 0 aliphatic carbocycles. The second-order valence-electron chi connectivity index (χ2n) is 4.83. The molecule has 1 aliphatic rings. The molecule has 1 saturated heterocycles. The number of hydrogen-bond donors (Lipinski definition) is 2. The van der Waals surface area contributed by atoms with E-state index in [1.165, 1.54) is 0 Å². The number of hydrogen-bond acceptors (Lipinski definition) is 2. The number of carbonyl (C=O) groups excluding carboxylic acids is 1. The molecule has 1 unspecified atom stereocenters. The van der Waals surface area contributed by atoms with Gasteiger partial charge in [0.15, 0.2) is 0 Å². The van der Waals surface area contributed by atoms with Gasteiger partial charge in [0.05, 0.1) is 0 Å². The quantitative estimate of drug-likeness (QED) is 0.700. The third kappa shape index (κ3) is 4.39. The molecule has 16 heavy (non-hydrogen) atoms. The third-order valence-electron chi connectivity index (χ3n) is 3.10. The lowest BCUT2D eigenvalue weighted by Gasteiger charge is -2.20. The predicted octanol–water partition coefficient (Wildman–Crippen LogP) is 1.57. The summed E-state index contributed by atoms with van der Waals surface area (Å²) < 4.78 is 0. The van der Waals surface area contributed by atoms with Crippen molar-refractivity contribution in [3.63, 3.8) is 0 Å². The summed E-state index contributed by atoms with van der Waals surface area (Å²) >= 11 is 0. The lowest BCUT2D eigenvalue weighted by Crippen LogP contribution is -2.44. The van der Waals surface area contributed by atoms with Gasteiger partial charge >= 0.3 is 6.03 Å². The van der Waals surface area contributed by atoms with Crippen LogP contribution in [0.1, 0.15) is 40.0 Å². The van der Waals surface area contributed by atoms with Gasteiger partial charge in [-0.3, -0.25) is 4.90 Å². The maximum absolute atomic E-state index is 11.5. The van der Waals surface area contributed by atoms with E-state index in [-0.39, 0.29) is 6.03 Å². The van der Waals surface area contributed by atoms with Gasteiger partial charge in [-0.1, -0.05) is 13.3 Å². The number of urea groups is 1. The number of carbonyl (C=O) groups is 1. The molecule has 1 fully saturated rings. The lowest BCUT2D eigenvalue weighted by molar-refractivity contribution is 0.233. The van der Waals surface area contributed by atoms with E-state index in [9.17, 15) is 4.79 Å². The normalized spacial score (nSPS) is 21.4. The minimum absolute atomic E-state index is 0.0101. The molecule has 0 aromatic heterocycles. The Morgan fingerprint density at radius 1 is 1.50 bits per heavy atom. The fourth-order valence-electron chi connectivity index (χ4n) is 1.99. The Kier molecular flexibility index (Phi) is 5.60. The highest BCUT2D eigenvalue weighted by Gasteiger charge is 2.24. The van der Waals surface area contributed by atoms with Crippen LogP contribution < -0.4 is 10.6 Å². The highest BCUT2D eigenvalue weighted by atomic mass is 16.2. The summed E-state index contributed by atoms with van der Waals surface area (Å²) in [5.41, 5.74) is 0. The van der Waals surface area contributed by atoms with E-state index in [4.69, 9.17) is 0 Å². The number of nitrogens with zero attached hydrogens (tertiary/aromatic N) is 1. The zero-order valence-corrected chi connectivity index (χ0v) is 10.8. The lowest BCUT2D eigenvalue weighted by atomic mass is 10.3. The number of unbranched alkanes of at least 4 members (excludes halogenated alkanes) is 1. The Hall–Kier alpha value is -0.770. The first-order valence-electron chi connectivity index (χ1n) is 6.42. The monoisotopic (exact) mass is 227 g/mol. The van der Waals surface area contributed by atoms with Crippen molar-refractivity contribution < 1.29 is 4.79 Å². The molecule has 0 aromatic carbocycles. The van der Waals surface area contributed by atoms with Crippen molar-refractivity contribution in [3.8, 4) is 0 Å². The first kappa shape index (κ1) is 13.3. The van der Waals surface area contributed by atoms with Crippen molar-refractivity contribution >= 4 is 6.03 Å². The number of likely N-dealkylation sites (tertiary alicyclic amines) is 1. The van der Waals surface area contributed by atoms with Crippen LogP contribution in [0.2, 0.25) is 0 Å². The SMILES string of the molecule is CCCCNC(=O)NC1CCN(C(C)C)C1. The van der Waals surface area contributed by atoms with Crippen LogP contribution in [0.3, 0.4) is 0 Å². The smallest absolute Gasteiger partial charge is 0.315 e. The summed E-state index contributed by atoms with van der Waals surface area (Å²) in [7, 11) is 0. The molecule has 0 spiro atoms. The summed E-state index contributed by atoms with van der Waals surface area (Å²) in [4.78, 5) is 13.9. The van der Waals surface area contributed by atoms with Crippen molar-refractivity contribution in [2.24, 2.45) is 0 Å². The molecule has 1 atom stereocenters. The molecule has 1 heterocycles. The van der Waals surface area contributed by atoms with Gasteiger partial charge in [0.25, 0.3) is 0 Å². The van der Waals surface area contributed by atoms with E-state index in [0.29, 0.717) is 12.1 Å². The molecule has 2 N–H and O–H groups in total. The van der Waals surface area contributed by atoms with Gasteiger partial charge in [-0.05, 0) is 26.7 Å². The van der Waals surface area contributed by atoms with E-state index >= 15 is 0 Å². The van der Waals surface area contributed by atoms with Crippen LogP contribution in [0, 0.1) is 0 Å². The molecule has 0 aromatic rings. The highest BCUT2D eigenvalue weighted by Crippen LogP contribution is 2.11. The Morgan fingerprint density at radius 2 is 2.25 bits per heavy atom. The zero-order valence-electron chi connectivity index (χ0n) is 10.8. The van der Waals surface area contributed by atoms with Crippen molar-refractivity contribution in [2.45, 2.75) is 52.1 Å². The second-order valence-corrected chi connectivity index (χ2v) is 4.83. The molecular weight excluding hydrogens is 202 g/mol. The Balaban J connectivity index is 2.16. The van der Waals surface area contributed by atoms with Crippen LogP contribution in [0.15, 0.2) is 0 Å². The van der Waals surface area contributed by atoms with Gasteiger partial charge in [-0.25, -0.2) is 4.79 Å². The standard InChI is InChI=1S/C12H25N3O/c1-4-5-7-13-12(16)14-11-6-8-15(9-11)10(2)3/h10-11H,4-9H2,1-3H3,(H2,13,14,16). The fraction of sp³-hybridized carbons (Fsp3) is 0.917. The Morgan fingerprint density at radius 3 is 2.81 bits per heavy atom. The molecular formula is C12H25N3O. The van der Waals surface area contributed by atoms with Gasteiger partial charge in [0.1, 0.15) is 0 Å². The molecule has 4 heteroatoms. The molecule has 4 nitrogen and oxygen atoms in total. The van der Waals surface area contributed by atoms with Crippen molar-refractivity contribution in [1.29, 1.82) is 0 Å². The fourth-order valence-corrected chi connectivity index (χ4v) is 1.99. The van der Waals surface area contributed by atoms with Crippen LogP contribution in [0.5, 0.6) is 0 Å². The highest BCUT2D eigenvalue weighted by molar-refractivity contribution is 5.74. The Labute approximate surface area is 98.8 Å². The van der Waals surface area contributed by atoms with Crippen LogP contribution in [-0.4, -0.2) is 42.6 Å². The van der Waals surface area contributed by atoms with Gasteiger partial charge < -0.3 is 10.6 Å². The zero-order chi connectivity index (χ0) is 12.0. The van der Waals surface area contributed by atoms with Gasteiger partial charge in [0, 0.05) is 31.7 Å². The molecule has 94 valence electrons. The maximum atomic E-state index is 11.5. The third-order valence-corrected chi connectivity index (χ3v) is 3.10. The van der Waals surface area contributed by atoms with Gasteiger partial charge in [-0.2, -0.15) is 0 Å². The van der Waals surface area contributed by atoms with E-state index in [2.05, 4.69) is 36.3 Å². The number of rotatable bonds is 5. The van der Waals surface area contributed by atoms with E-state index in [0.717, 1.165) is 38.9 Å². The van der Waals surface area contributed by atoms with Crippen LogP contribution in [0.4, 0.5) is 4.79 Å². The maximum Gasteiger partial charge on any atom is 0.315 e. The molecule has 0 saturated carbocycles. The van der Waals surface area contributed by atoms with Gasteiger partial charge in [0.2, 0.25) is 0 Å². The molecule has 1 aliphatic heterocycles. The molecule has 0 radical (unpaired) electrons. The second kappa shape index (κ2) is 6.74. The average Bonchev–Trinajstić information content (AvgIpc) is 2.66. The average molecular weight is 227 g/mol. The summed E-state index contributed by atoms with van der Waals surface area (Å²) in [6.45, 7) is 9.38. The first-order chi connectivity index (χ1) is 7.63. The van der Waals surface area contributed by atoms with E-state index in [1.54, 1.807) is 0 Å². The number of nitrogens with one attached hydrogen (secondary N) is 2. The molecule has 1 rings (SSSR count). The van der Waals surface area contributed by atoms with Crippen molar-refractivity contribution in [2.75, 3.05) is 19.6 Å². The summed E-state index contributed by atoms with van der Waals surface area (Å²) in [6, 6.07) is 0.892. The summed E-state index contributed by atoms with van der Waals surface area (Å²) in [5.74, 6) is 0. The molecule has 2 amide bonds.